The molecule has 2 heterocycles. The van der Waals surface area contributed by atoms with Gasteiger partial charge >= 0.3 is 0 Å². The average Bonchev–Trinajstić information content (AvgIpc) is 2.76. The molecule has 1 aliphatic heterocycles. The van der Waals surface area contributed by atoms with Crippen molar-refractivity contribution in [1.82, 2.24) is 4.98 Å². The molecule has 4 heteroatoms. The second-order valence-electron chi connectivity index (χ2n) is 4.03. The zero-order chi connectivity index (χ0) is 11.8. The van der Waals surface area contributed by atoms with E-state index in [4.69, 9.17) is 16.6 Å². The minimum Gasteiger partial charge on any atom is -0.291 e. The highest BCUT2D eigenvalue weighted by Gasteiger charge is 2.15. The van der Waals surface area contributed by atoms with Gasteiger partial charge in [-0.2, -0.15) is 0 Å². The highest BCUT2D eigenvalue weighted by atomic mass is 35.5. The van der Waals surface area contributed by atoms with Crippen LogP contribution < -0.4 is 0 Å². The first-order valence-electron chi connectivity index (χ1n) is 5.51. The van der Waals surface area contributed by atoms with Gasteiger partial charge in [0.25, 0.3) is 0 Å². The number of hydrogen-bond acceptors (Lipinski definition) is 3. The molecule has 0 aliphatic carbocycles. The van der Waals surface area contributed by atoms with Crippen molar-refractivity contribution in [3.05, 3.63) is 39.4 Å². The second kappa shape index (κ2) is 4.24. The lowest BCUT2D eigenvalue weighted by atomic mass is 10.1. The van der Waals surface area contributed by atoms with E-state index in [2.05, 4.69) is 11.1 Å². The van der Waals surface area contributed by atoms with Crippen molar-refractivity contribution in [2.24, 2.45) is 4.99 Å². The highest BCUT2D eigenvalue weighted by molar-refractivity contribution is 7.16. The van der Waals surface area contributed by atoms with Crippen LogP contribution in [0.3, 0.4) is 0 Å². The Hall–Kier alpha value is -1.19. The molecular weight excluding hydrogens is 252 g/mol. The minimum absolute atomic E-state index is 0.796. The topological polar surface area (TPSA) is 25.2 Å². The smallest absolute Gasteiger partial charge is 0.124 e. The van der Waals surface area contributed by atoms with E-state index in [0.717, 1.165) is 34.1 Å². The summed E-state index contributed by atoms with van der Waals surface area (Å²) in [6.07, 6.45) is 2.88. The molecule has 0 saturated heterocycles. The number of nitrogens with zero attached hydrogens (tertiary/aromatic N) is 2. The van der Waals surface area contributed by atoms with E-state index in [1.807, 2.05) is 25.3 Å². The summed E-state index contributed by atoms with van der Waals surface area (Å²) in [5, 5.41) is 1.84. The third-order valence-electron chi connectivity index (χ3n) is 2.91. The number of aromatic nitrogens is 1. The van der Waals surface area contributed by atoms with Crippen molar-refractivity contribution in [2.75, 3.05) is 6.54 Å². The molecule has 0 atom stereocenters. The van der Waals surface area contributed by atoms with E-state index < -0.39 is 0 Å². The van der Waals surface area contributed by atoms with Gasteiger partial charge in [0.2, 0.25) is 0 Å². The van der Waals surface area contributed by atoms with E-state index in [1.54, 1.807) is 11.3 Å². The molecule has 0 radical (unpaired) electrons. The maximum absolute atomic E-state index is 6.14. The van der Waals surface area contributed by atoms with E-state index in [0.29, 0.717) is 0 Å². The lowest BCUT2D eigenvalue weighted by molar-refractivity contribution is 0.922. The first-order valence-corrected chi connectivity index (χ1v) is 6.70. The summed E-state index contributed by atoms with van der Waals surface area (Å²) in [5.74, 6) is 0. The molecule has 0 bridgehead atoms. The third-order valence-corrected chi connectivity index (χ3v) is 4.39. The zero-order valence-electron chi connectivity index (χ0n) is 9.40. The van der Waals surface area contributed by atoms with Crippen LogP contribution in [0.25, 0.3) is 10.6 Å². The SMILES string of the molecule is Cc1c(Cl)cccc1-c1nc2c(s1)C=NCC2. The molecule has 0 N–H and O–H groups in total. The first kappa shape index (κ1) is 10.9. The Labute approximate surface area is 109 Å². The van der Waals surface area contributed by atoms with Gasteiger partial charge in [-0.1, -0.05) is 23.7 Å². The Kier molecular flexibility index (Phi) is 2.73. The van der Waals surface area contributed by atoms with Crippen molar-refractivity contribution in [3.63, 3.8) is 0 Å². The van der Waals surface area contributed by atoms with Gasteiger partial charge in [-0.05, 0) is 18.6 Å². The predicted octanol–water partition coefficient (Wildman–Crippen LogP) is 3.75. The molecule has 0 saturated carbocycles. The lowest BCUT2D eigenvalue weighted by Crippen LogP contribution is -1.99. The standard InChI is InChI=1S/C13H11ClN2S/c1-8-9(3-2-4-10(8)14)13-16-11-5-6-15-7-12(11)17-13/h2-4,7H,5-6H2,1H3. The van der Waals surface area contributed by atoms with Crippen LogP contribution in [0.4, 0.5) is 0 Å². The number of benzene rings is 1. The quantitative estimate of drug-likeness (QED) is 0.768. The summed E-state index contributed by atoms with van der Waals surface area (Å²) < 4.78 is 0. The summed E-state index contributed by atoms with van der Waals surface area (Å²) in [7, 11) is 0. The Morgan fingerprint density at radius 1 is 1.35 bits per heavy atom. The van der Waals surface area contributed by atoms with Crippen LogP contribution in [0.2, 0.25) is 5.02 Å². The molecule has 17 heavy (non-hydrogen) atoms. The Morgan fingerprint density at radius 2 is 2.24 bits per heavy atom. The fraction of sp³-hybridized carbons (Fsp3) is 0.231. The van der Waals surface area contributed by atoms with Gasteiger partial charge in [0.15, 0.2) is 0 Å². The fourth-order valence-electron chi connectivity index (χ4n) is 1.92. The Balaban J connectivity index is 2.13. The number of fused-ring (bicyclic) bond motifs is 1. The summed E-state index contributed by atoms with van der Waals surface area (Å²) in [4.78, 5) is 10.2. The molecule has 0 spiro atoms. The molecule has 86 valence electrons. The first-order chi connectivity index (χ1) is 8.25. The van der Waals surface area contributed by atoms with Gasteiger partial charge in [0, 0.05) is 29.8 Å². The maximum Gasteiger partial charge on any atom is 0.124 e. The van der Waals surface area contributed by atoms with Crippen LogP contribution in [-0.2, 0) is 6.42 Å². The molecule has 0 fully saturated rings. The van der Waals surface area contributed by atoms with Crippen LogP contribution in [0.5, 0.6) is 0 Å². The number of hydrogen-bond donors (Lipinski definition) is 0. The summed E-state index contributed by atoms with van der Waals surface area (Å²) in [6.45, 7) is 2.89. The largest absolute Gasteiger partial charge is 0.291 e. The normalized spacial score (nSPS) is 13.8. The van der Waals surface area contributed by atoms with E-state index in [9.17, 15) is 0 Å². The van der Waals surface area contributed by atoms with Gasteiger partial charge in [-0.15, -0.1) is 11.3 Å². The number of halogens is 1. The van der Waals surface area contributed by atoms with Gasteiger partial charge in [-0.25, -0.2) is 4.98 Å². The molecule has 2 aromatic rings. The summed E-state index contributed by atoms with van der Waals surface area (Å²) >= 11 is 7.83. The Bertz CT molecular complexity index is 601. The average molecular weight is 263 g/mol. The van der Waals surface area contributed by atoms with Crippen LogP contribution in [0.1, 0.15) is 16.1 Å². The van der Waals surface area contributed by atoms with Gasteiger partial charge in [-0.3, -0.25) is 4.99 Å². The van der Waals surface area contributed by atoms with Crippen molar-refractivity contribution < 1.29 is 0 Å². The molecular formula is C13H11ClN2S. The van der Waals surface area contributed by atoms with Gasteiger partial charge in [0.05, 0.1) is 10.6 Å². The van der Waals surface area contributed by atoms with E-state index in [-0.39, 0.29) is 0 Å². The highest BCUT2D eigenvalue weighted by Crippen LogP contribution is 2.33. The molecule has 1 aromatic carbocycles. The van der Waals surface area contributed by atoms with Crippen molar-refractivity contribution in [3.8, 4) is 10.6 Å². The molecule has 0 amide bonds. The van der Waals surface area contributed by atoms with Crippen LogP contribution in [0.15, 0.2) is 23.2 Å². The number of aliphatic imine (C=N–C) groups is 1. The molecule has 1 aliphatic rings. The van der Waals surface area contributed by atoms with Crippen LogP contribution in [0, 0.1) is 6.92 Å². The number of rotatable bonds is 1. The maximum atomic E-state index is 6.14. The molecule has 3 rings (SSSR count). The number of thiazole rings is 1. The molecule has 0 unspecified atom stereocenters. The summed E-state index contributed by atoms with van der Waals surface area (Å²) in [6, 6.07) is 5.96. The van der Waals surface area contributed by atoms with E-state index >= 15 is 0 Å². The molecule has 1 aromatic heterocycles. The molecule has 2 nitrogen and oxygen atoms in total. The second-order valence-corrected chi connectivity index (χ2v) is 5.47. The van der Waals surface area contributed by atoms with Crippen molar-refractivity contribution in [1.29, 1.82) is 0 Å². The van der Waals surface area contributed by atoms with Gasteiger partial charge < -0.3 is 0 Å². The Morgan fingerprint density at radius 3 is 3.06 bits per heavy atom. The van der Waals surface area contributed by atoms with Crippen LogP contribution in [-0.4, -0.2) is 17.7 Å². The van der Waals surface area contributed by atoms with E-state index in [1.165, 1.54) is 10.6 Å². The lowest BCUT2D eigenvalue weighted by Gasteiger charge is -2.03. The van der Waals surface area contributed by atoms with Crippen molar-refractivity contribution in [2.45, 2.75) is 13.3 Å². The third kappa shape index (κ3) is 1.90. The fourth-order valence-corrected chi connectivity index (χ4v) is 3.18. The van der Waals surface area contributed by atoms with Gasteiger partial charge in [0.1, 0.15) is 5.01 Å². The van der Waals surface area contributed by atoms with Crippen LogP contribution >= 0.6 is 22.9 Å². The minimum atomic E-state index is 0.796. The zero-order valence-corrected chi connectivity index (χ0v) is 11.0. The predicted molar refractivity (Wildman–Crippen MR) is 73.5 cm³/mol. The summed E-state index contributed by atoms with van der Waals surface area (Å²) in [5.41, 5.74) is 3.39. The monoisotopic (exact) mass is 262 g/mol. The van der Waals surface area contributed by atoms with Crippen molar-refractivity contribution >= 4 is 29.2 Å².